The van der Waals surface area contributed by atoms with Crippen molar-refractivity contribution in [1.29, 1.82) is 0 Å². The van der Waals surface area contributed by atoms with E-state index in [1.807, 2.05) is 24.3 Å². The van der Waals surface area contributed by atoms with E-state index < -0.39 is 0 Å². The van der Waals surface area contributed by atoms with Crippen molar-refractivity contribution in [2.75, 3.05) is 28.4 Å². The van der Waals surface area contributed by atoms with E-state index in [0.29, 0.717) is 70.9 Å². The van der Waals surface area contributed by atoms with E-state index >= 15 is 0 Å². The van der Waals surface area contributed by atoms with Crippen LogP contribution in [0.5, 0.6) is 23.0 Å². The van der Waals surface area contributed by atoms with Crippen LogP contribution in [0, 0.1) is 23.7 Å². The predicted octanol–water partition coefficient (Wildman–Crippen LogP) is 12.0. The number of carbonyl (C=O) groups excluding carboxylic acids is 4. The molecular weight excluding hydrogens is 753 g/mol. The van der Waals surface area contributed by atoms with Crippen molar-refractivity contribution in [1.82, 2.24) is 0 Å². The normalized spacial score (nSPS) is 17.5. The van der Waals surface area contributed by atoms with Crippen molar-refractivity contribution in [3.8, 4) is 23.0 Å². The maximum Gasteiger partial charge on any atom is 0.150 e. The molecule has 4 unspecified atom stereocenters. The topological polar surface area (TPSA) is 105 Å². The molecular formula is C52H64O8. The van der Waals surface area contributed by atoms with Crippen LogP contribution in [-0.2, 0) is 0 Å². The average molecular weight is 817 g/mol. The van der Waals surface area contributed by atoms with Gasteiger partial charge in [0, 0.05) is 68.2 Å². The molecule has 0 radical (unpaired) electrons. The first-order valence-electron chi connectivity index (χ1n) is 21.4. The highest BCUT2D eigenvalue weighted by atomic mass is 16.5. The third-order valence-corrected chi connectivity index (χ3v) is 12.1. The van der Waals surface area contributed by atoms with Crippen LogP contribution in [0.25, 0.3) is 0 Å². The van der Waals surface area contributed by atoms with Gasteiger partial charge in [-0.3, -0.25) is 19.2 Å². The average Bonchev–Trinajstić information content (AvgIpc) is 3.23. The Labute approximate surface area is 357 Å². The van der Waals surface area contributed by atoms with Gasteiger partial charge in [-0.15, -0.1) is 0 Å². The summed E-state index contributed by atoms with van der Waals surface area (Å²) in [6.45, 7) is 17.3. The monoisotopic (exact) mass is 816 g/mol. The number of carbonyl (C=O) groups is 4. The maximum atomic E-state index is 13.2. The van der Waals surface area contributed by atoms with Crippen LogP contribution in [0.4, 0.5) is 0 Å². The molecule has 4 aromatic rings. The van der Waals surface area contributed by atoms with Gasteiger partial charge in [0.2, 0.25) is 0 Å². The molecule has 8 bridgehead atoms. The Bertz CT molecular complexity index is 1890. The second-order valence-electron chi connectivity index (χ2n) is 18.1. The molecule has 0 N–H and O–H groups in total. The molecule has 0 spiro atoms. The third kappa shape index (κ3) is 9.38. The molecule has 1 aliphatic carbocycles. The molecule has 0 fully saturated rings. The third-order valence-electron chi connectivity index (χ3n) is 12.1. The van der Waals surface area contributed by atoms with Gasteiger partial charge in [0.15, 0.2) is 0 Å². The zero-order chi connectivity index (χ0) is 44.0. The summed E-state index contributed by atoms with van der Waals surface area (Å²) in [6, 6.07) is 15.7. The summed E-state index contributed by atoms with van der Waals surface area (Å²) >= 11 is 0. The Morgan fingerprint density at radius 2 is 0.533 bits per heavy atom. The van der Waals surface area contributed by atoms with Crippen LogP contribution < -0.4 is 18.9 Å². The number of hydrogen-bond donors (Lipinski definition) is 0. The van der Waals surface area contributed by atoms with Crippen LogP contribution in [0.3, 0.4) is 0 Å². The quantitative estimate of drug-likeness (QED) is 0.103. The van der Waals surface area contributed by atoms with Crippen LogP contribution in [-0.4, -0.2) is 53.6 Å². The van der Waals surface area contributed by atoms with Gasteiger partial charge in [-0.2, -0.15) is 0 Å². The largest absolute Gasteiger partial charge is 0.496 e. The predicted molar refractivity (Wildman–Crippen MR) is 239 cm³/mol. The smallest absolute Gasteiger partial charge is 0.150 e. The van der Waals surface area contributed by atoms with Gasteiger partial charge in [-0.05, 0) is 95.9 Å². The molecule has 0 heterocycles. The van der Waals surface area contributed by atoms with Crippen LogP contribution in [0.15, 0.2) is 48.5 Å². The van der Waals surface area contributed by atoms with E-state index in [2.05, 4.69) is 79.7 Å². The van der Waals surface area contributed by atoms with E-state index in [9.17, 15) is 19.2 Å². The molecule has 4 aromatic carbocycles. The van der Waals surface area contributed by atoms with Crippen LogP contribution >= 0.6 is 0 Å². The highest BCUT2D eigenvalue weighted by Crippen LogP contribution is 2.50. The van der Waals surface area contributed by atoms with Gasteiger partial charge in [-0.25, -0.2) is 0 Å². The Balaban J connectivity index is 2.13. The zero-order valence-electron chi connectivity index (χ0n) is 37.6. The summed E-state index contributed by atoms with van der Waals surface area (Å²) < 4.78 is 24.5. The second kappa shape index (κ2) is 19.9. The molecule has 4 atom stereocenters. The van der Waals surface area contributed by atoms with Gasteiger partial charge in [0.25, 0.3) is 0 Å². The number of benzene rings is 4. The van der Waals surface area contributed by atoms with E-state index in [4.69, 9.17) is 18.9 Å². The Hall–Kier alpha value is -5.24. The van der Waals surface area contributed by atoms with Gasteiger partial charge in [0.05, 0.1) is 28.4 Å². The van der Waals surface area contributed by atoms with Crippen LogP contribution in [0.1, 0.15) is 191 Å². The SMILES string of the molecule is COc1cc(C=O)c2cc1C(CC(C)C)c1cc(c(OC)cc1C=O)C(CC(C)C)c1cc(c(OC)cc1C=O)C(CC(C)C)c1cc(c(OC)cc1C=O)C2CC(C)C. The standard InChI is InChI=1S/C52H64O8/c1-29(2)13-41-37-21-46(50(58-10)17-33(37)25-53)43(15-31(5)6)39-23-48(52(60-12)19-35(39)27-55)44(16-32(7)8)40-24-47(51(59-11)20-36(40)28-56)42(14-30(3)4)38-22-45(41)49(57-9)18-34(38)26-54/h17-32,41-44H,13-16H2,1-12H3. The molecule has 0 amide bonds. The highest BCUT2D eigenvalue weighted by molar-refractivity contribution is 5.84. The number of methoxy groups -OCH3 is 4. The van der Waals surface area contributed by atoms with Crippen molar-refractivity contribution in [3.05, 3.63) is 115 Å². The molecule has 320 valence electrons. The number of ether oxygens (including phenoxy) is 4. The lowest BCUT2D eigenvalue weighted by Gasteiger charge is -2.32. The summed E-state index contributed by atoms with van der Waals surface area (Å²) in [6.07, 6.45) is 6.21. The molecule has 8 nitrogen and oxygen atoms in total. The minimum atomic E-state index is -0.334. The molecule has 60 heavy (non-hydrogen) atoms. The van der Waals surface area contributed by atoms with Crippen molar-refractivity contribution >= 4 is 25.1 Å². The summed E-state index contributed by atoms with van der Waals surface area (Å²) in [5.74, 6) is 1.65. The molecule has 0 aromatic heterocycles. The Morgan fingerprint density at radius 1 is 0.350 bits per heavy atom. The van der Waals surface area contributed by atoms with E-state index in [-0.39, 0.29) is 47.3 Å². The van der Waals surface area contributed by atoms with Crippen molar-refractivity contribution in [3.63, 3.8) is 0 Å². The summed E-state index contributed by atoms with van der Waals surface area (Å²) in [5.41, 5.74) is 8.64. The number of hydrogen-bond acceptors (Lipinski definition) is 8. The molecule has 8 heteroatoms. The number of aldehydes is 4. The minimum absolute atomic E-state index is 0.199. The Morgan fingerprint density at radius 3 is 0.667 bits per heavy atom. The first-order chi connectivity index (χ1) is 28.7. The molecule has 0 saturated heterocycles. The van der Waals surface area contributed by atoms with Gasteiger partial charge >= 0.3 is 0 Å². The summed E-state index contributed by atoms with van der Waals surface area (Å²) in [7, 11) is 6.45. The first kappa shape index (κ1) is 45.8. The fourth-order valence-electron chi connectivity index (χ4n) is 9.50. The van der Waals surface area contributed by atoms with Crippen molar-refractivity contribution in [2.24, 2.45) is 23.7 Å². The molecule has 0 saturated carbocycles. The molecule has 1 aliphatic rings. The maximum absolute atomic E-state index is 13.2. The van der Waals surface area contributed by atoms with E-state index in [1.54, 1.807) is 28.4 Å². The minimum Gasteiger partial charge on any atom is -0.496 e. The number of rotatable bonds is 16. The molecule has 0 aliphatic heterocycles. The summed E-state index contributed by atoms with van der Waals surface area (Å²) in [4.78, 5) is 52.9. The zero-order valence-corrected chi connectivity index (χ0v) is 37.6. The highest BCUT2D eigenvalue weighted by Gasteiger charge is 2.34. The van der Waals surface area contributed by atoms with Crippen molar-refractivity contribution < 1.29 is 38.1 Å². The lowest BCUT2D eigenvalue weighted by Crippen LogP contribution is -2.18. The summed E-state index contributed by atoms with van der Waals surface area (Å²) in [5, 5.41) is 0. The number of fused-ring (bicyclic) bond motifs is 8. The first-order valence-corrected chi connectivity index (χ1v) is 21.4. The van der Waals surface area contributed by atoms with E-state index in [1.165, 1.54) is 0 Å². The lowest BCUT2D eigenvalue weighted by molar-refractivity contribution is 0.111. The van der Waals surface area contributed by atoms with Gasteiger partial charge < -0.3 is 18.9 Å². The van der Waals surface area contributed by atoms with Gasteiger partial charge in [-0.1, -0.05) is 79.7 Å². The fraction of sp³-hybridized carbons (Fsp3) is 0.462. The van der Waals surface area contributed by atoms with Crippen molar-refractivity contribution in [2.45, 2.75) is 105 Å². The lowest BCUT2D eigenvalue weighted by atomic mass is 9.73. The Kier molecular flexibility index (Phi) is 15.2. The molecule has 5 rings (SSSR count). The second-order valence-corrected chi connectivity index (χ2v) is 18.1. The van der Waals surface area contributed by atoms with Crippen LogP contribution in [0.2, 0.25) is 0 Å². The van der Waals surface area contributed by atoms with Gasteiger partial charge in [0.1, 0.15) is 48.1 Å². The fourth-order valence-corrected chi connectivity index (χ4v) is 9.50. The van der Waals surface area contributed by atoms with E-state index in [0.717, 1.165) is 69.7 Å².